The van der Waals surface area contributed by atoms with Crippen LogP contribution in [0.15, 0.2) is 40.8 Å². The van der Waals surface area contributed by atoms with Crippen molar-refractivity contribution >= 4 is 29.1 Å². The Morgan fingerprint density at radius 2 is 2.00 bits per heavy atom. The zero-order chi connectivity index (χ0) is 15.4. The fourth-order valence-electron chi connectivity index (χ4n) is 2.68. The smallest absolute Gasteiger partial charge is 0.196 e. The van der Waals surface area contributed by atoms with Crippen molar-refractivity contribution in [2.45, 2.75) is 19.3 Å². The number of anilines is 1. The molecule has 1 fully saturated rings. The molecule has 3 rings (SSSR count). The summed E-state index contributed by atoms with van der Waals surface area (Å²) in [6, 6.07) is 13.4. The van der Waals surface area contributed by atoms with Gasteiger partial charge in [-0.05, 0) is 49.1 Å². The molecule has 112 valence electrons. The van der Waals surface area contributed by atoms with Crippen molar-refractivity contribution < 1.29 is 4.42 Å². The third kappa shape index (κ3) is 3.35. The van der Waals surface area contributed by atoms with E-state index in [0.29, 0.717) is 16.4 Å². The summed E-state index contributed by atoms with van der Waals surface area (Å²) in [5, 5.41) is 9.99. The Morgan fingerprint density at radius 1 is 1.18 bits per heavy atom. The number of piperidine rings is 1. The second-order valence-electron chi connectivity index (χ2n) is 5.40. The highest BCUT2D eigenvalue weighted by atomic mass is 35.5. The van der Waals surface area contributed by atoms with E-state index in [0.717, 1.165) is 24.5 Å². The number of allylic oxidation sites excluding steroid dienone is 1. The summed E-state index contributed by atoms with van der Waals surface area (Å²) in [6.45, 7) is 2.08. The molecule has 0 N–H and O–H groups in total. The summed E-state index contributed by atoms with van der Waals surface area (Å²) < 4.78 is 5.87. The number of nitrogens with zero attached hydrogens (tertiary/aromatic N) is 2. The van der Waals surface area contributed by atoms with E-state index in [2.05, 4.69) is 11.0 Å². The molecule has 22 heavy (non-hydrogen) atoms. The molecule has 0 bridgehead atoms. The van der Waals surface area contributed by atoms with Gasteiger partial charge in [-0.1, -0.05) is 23.7 Å². The predicted octanol–water partition coefficient (Wildman–Crippen LogP) is 4.99. The largest absolute Gasteiger partial charge is 0.441 e. The Morgan fingerprint density at radius 3 is 2.73 bits per heavy atom. The number of nitriles is 1. The first-order valence-corrected chi connectivity index (χ1v) is 7.86. The number of benzene rings is 1. The molecular weight excluding hydrogens is 296 g/mol. The third-order valence-electron chi connectivity index (χ3n) is 3.82. The van der Waals surface area contributed by atoms with E-state index >= 15 is 0 Å². The van der Waals surface area contributed by atoms with Crippen LogP contribution < -0.4 is 4.90 Å². The lowest BCUT2D eigenvalue weighted by molar-refractivity contribution is 0.496. The zero-order valence-electron chi connectivity index (χ0n) is 12.3. The molecule has 1 aliphatic heterocycles. The highest BCUT2D eigenvalue weighted by Crippen LogP contribution is 2.26. The lowest BCUT2D eigenvalue weighted by atomic mass is 10.1. The number of hydrogen-bond donors (Lipinski definition) is 0. The van der Waals surface area contributed by atoms with Gasteiger partial charge in [-0.2, -0.15) is 5.26 Å². The zero-order valence-corrected chi connectivity index (χ0v) is 13.0. The van der Waals surface area contributed by atoms with E-state index < -0.39 is 0 Å². The van der Waals surface area contributed by atoms with Crippen LogP contribution in [0.2, 0.25) is 5.02 Å². The maximum Gasteiger partial charge on any atom is 0.196 e. The highest BCUT2D eigenvalue weighted by Gasteiger charge is 2.14. The van der Waals surface area contributed by atoms with Crippen molar-refractivity contribution in [3.63, 3.8) is 0 Å². The number of hydrogen-bond acceptors (Lipinski definition) is 3. The molecule has 3 nitrogen and oxygen atoms in total. The Kier molecular flexibility index (Phi) is 4.50. The highest BCUT2D eigenvalue weighted by molar-refractivity contribution is 6.30. The van der Waals surface area contributed by atoms with Gasteiger partial charge >= 0.3 is 0 Å². The second kappa shape index (κ2) is 6.72. The van der Waals surface area contributed by atoms with Crippen molar-refractivity contribution in [1.82, 2.24) is 0 Å². The number of rotatable bonds is 3. The minimum absolute atomic E-state index is 0.544. The lowest BCUT2D eigenvalue weighted by Crippen LogP contribution is -2.28. The van der Waals surface area contributed by atoms with Gasteiger partial charge in [0.25, 0.3) is 0 Å². The molecule has 0 spiro atoms. The maximum absolute atomic E-state index is 9.37. The molecule has 2 heterocycles. The van der Waals surface area contributed by atoms with Gasteiger partial charge in [0.15, 0.2) is 5.88 Å². The van der Waals surface area contributed by atoms with Crippen molar-refractivity contribution in [2.75, 3.05) is 18.0 Å². The van der Waals surface area contributed by atoms with Gasteiger partial charge in [0.05, 0.1) is 11.6 Å². The third-order valence-corrected chi connectivity index (χ3v) is 4.06. The van der Waals surface area contributed by atoms with Crippen molar-refractivity contribution in [3.8, 4) is 6.07 Å². The Labute approximate surface area is 135 Å². The molecule has 0 amide bonds. The standard InChI is InChI=1S/C18H17ClN2O/c19-16-6-4-5-14(11-16)15(13-20)12-17-7-8-18(22-17)21-9-2-1-3-10-21/h4-8,11-12H,1-3,9-10H2/b15-12-. The summed E-state index contributed by atoms with van der Waals surface area (Å²) >= 11 is 5.99. The van der Waals surface area contributed by atoms with Crippen molar-refractivity contribution in [2.24, 2.45) is 0 Å². The minimum atomic E-state index is 0.544. The van der Waals surface area contributed by atoms with Crippen LogP contribution in [0, 0.1) is 11.3 Å². The predicted molar refractivity (Wildman–Crippen MR) is 89.7 cm³/mol. The van der Waals surface area contributed by atoms with Gasteiger partial charge in [0.2, 0.25) is 0 Å². The fourth-order valence-corrected chi connectivity index (χ4v) is 2.87. The molecule has 4 heteroatoms. The molecule has 1 aromatic heterocycles. The molecule has 0 saturated carbocycles. The van der Waals surface area contributed by atoms with Crippen LogP contribution in [-0.2, 0) is 0 Å². The van der Waals surface area contributed by atoms with E-state index in [9.17, 15) is 5.26 Å². The summed E-state index contributed by atoms with van der Waals surface area (Å²) in [4.78, 5) is 2.26. The monoisotopic (exact) mass is 312 g/mol. The first kappa shape index (κ1) is 14.7. The topological polar surface area (TPSA) is 40.2 Å². The normalized spacial score (nSPS) is 15.6. The van der Waals surface area contributed by atoms with Crippen molar-refractivity contribution in [1.29, 1.82) is 5.26 Å². The molecular formula is C18H17ClN2O. The molecule has 0 unspecified atom stereocenters. The minimum Gasteiger partial charge on any atom is -0.441 e. The summed E-state index contributed by atoms with van der Waals surface area (Å²) in [5.41, 5.74) is 1.34. The van der Waals surface area contributed by atoms with Crippen LogP contribution in [0.25, 0.3) is 11.6 Å². The molecule has 0 radical (unpaired) electrons. The quantitative estimate of drug-likeness (QED) is 0.750. The molecule has 1 aromatic carbocycles. The van der Waals surface area contributed by atoms with Crippen molar-refractivity contribution in [3.05, 3.63) is 52.7 Å². The molecule has 1 aliphatic rings. The average molecular weight is 313 g/mol. The fraction of sp³-hybridized carbons (Fsp3) is 0.278. The SMILES string of the molecule is N#C/C(=C/c1ccc(N2CCCCC2)o1)c1cccc(Cl)c1. The maximum atomic E-state index is 9.37. The van der Waals surface area contributed by atoms with Gasteiger partial charge in [0.1, 0.15) is 5.76 Å². The molecule has 2 aromatic rings. The van der Waals surface area contributed by atoms with E-state index in [1.54, 1.807) is 18.2 Å². The summed E-state index contributed by atoms with van der Waals surface area (Å²) in [6.07, 6.45) is 5.46. The second-order valence-corrected chi connectivity index (χ2v) is 5.84. The Balaban J connectivity index is 1.84. The van der Waals surface area contributed by atoms with E-state index in [1.165, 1.54) is 19.3 Å². The first-order chi connectivity index (χ1) is 10.8. The van der Waals surface area contributed by atoms with Crippen LogP contribution in [0.5, 0.6) is 0 Å². The van der Waals surface area contributed by atoms with Crippen LogP contribution in [0.4, 0.5) is 5.88 Å². The van der Waals surface area contributed by atoms with Crippen LogP contribution in [0.3, 0.4) is 0 Å². The number of halogens is 1. The number of furan rings is 1. The van der Waals surface area contributed by atoms with E-state index in [1.807, 2.05) is 24.3 Å². The van der Waals surface area contributed by atoms with Gasteiger partial charge in [-0.15, -0.1) is 0 Å². The lowest BCUT2D eigenvalue weighted by Gasteiger charge is -2.25. The van der Waals surface area contributed by atoms with Gasteiger partial charge in [0, 0.05) is 24.2 Å². The van der Waals surface area contributed by atoms with Gasteiger partial charge < -0.3 is 9.32 Å². The van der Waals surface area contributed by atoms with E-state index in [-0.39, 0.29) is 0 Å². The van der Waals surface area contributed by atoms with Crippen LogP contribution >= 0.6 is 11.6 Å². The summed E-state index contributed by atoms with van der Waals surface area (Å²) in [5.74, 6) is 1.58. The van der Waals surface area contributed by atoms with Gasteiger partial charge in [-0.3, -0.25) is 0 Å². The average Bonchev–Trinajstić information content (AvgIpc) is 3.02. The molecule has 1 saturated heterocycles. The Bertz CT molecular complexity index is 721. The van der Waals surface area contributed by atoms with E-state index in [4.69, 9.17) is 16.0 Å². The van der Waals surface area contributed by atoms with Crippen LogP contribution in [-0.4, -0.2) is 13.1 Å². The first-order valence-electron chi connectivity index (χ1n) is 7.49. The summed E-state index contributed by atoms with van der Waals surface area (Å²) in [7, 11) is 0. The molecule has 0 atom stereocenters. The molecule has 0 aliphatic carbocycles. The Hall–Kier alpha value is -2.18. The van der Waals surface area contributed by atoms with Gasteiger partial charge in [-0.25, -0.2) is 0 Å². The van der Waals surface area contributed by atoms with Crippen LogP contribution in [0.1, 0.15) is 30.6 Å².